The highest BCUT2D eigenvalue weighted by Crippen LogP contribution is 2.15. The van der Waals surface area contributed by atoms with Crippen molar-refractivity contribution < 1.29 is 4.79 Å². The summed E-state index contributed by atoms with van der Waals surface area (Å²) in [6.07, 6.45) is 0. The summed E-state index contributed by atoms with van der Waals surface area (Å²) >= 11 is 4.24. The number of rotatable bonds is 3. The van der Waals surface area contributed by atoms with Crippen LogP contribution in [0.2, 0.25) is 0 Å². The van der Waals surface area contributed by atoms with Gasteiger partial charge in [0.2, 0.25) is 0 Å². The van der Waals surface area contributed by atoms with Crippen LogP contribution in [0.1, 0.15) is 34.5 Å². The molecule has 2 rings (SSSR count). The van der Waals surface area contributed by atoms with Crippen LogP contribution >= 0.6 is 12.6 Å². The first-order chi connectivity index (χ1) is 9.06. The summed E-state index contributed by atoms with van der Waals surface area (Å²) < 4.78 is 0. The minimum Gasteiger partial charge on any atom is -0.346 e. The normalized spacial score (nSPS) is 11.9. The van der Waals surface area contributed by atoms with E-state index >= 15 is 0 Å². The summed E-state index contributed by atoms with van der Waals surface area (Å²) in [5.74, 6) is -0.0797. The van der Waals surface area contributed by atoms with Crippen molar-refractivity contribution in [1.29, 1.82) is 0 Å². The Morgan fingerprint density at radius 1 is 1.16 bits per heavy atom. The molecular formula is C16H17NOS. The molecule has 1 N–H and O–H groups in total. The van der Waals surface area contributed by atoms with Gasteiger partial charge in [0, 0.05) is 10.5 Å². The zero-order valence-electron chi connectivity index (χ0n) is 11.1. The maximum absolute atomic E-state index is 12.1. The van der Waals surface area contributed by atoms with Gasteiger partial charge in [-0.3, -0.25) is 4.79 Å². The van der Waals surface area contributed by atoms with Gasteiger partial charge in [-0.05, 0) is 37.6 Å². The third-order valence-corrected chi connectivity index (χ3v) is 3.31. The van der Waals surface area contributed by atoms with Crippen LogP contribution in [0.5, 0.6) is 0 Å². The van der Waals surface area contributed by atoms with Crippen LogP contribution < -0.4 is 5.32 Å². The van der Waals surface area contributed by atoms with Crippen molar-refractivity contribution in [2.24, 2.45) is 0 Å². The van der Waals surface area contributed by atoms with Crippen molar-refractivity contribution in [1.82, 2.24) is 5.32 Å². The van der Waals surface area contributed by atoms with E-state index in [2.05, 4.69) is 17.9 Å². The van der Waals surface area contributed by atoms with E-state index in [1.54, 1.807) is 12.1 Å². The Bertz CT molecular complexity index is 578. The summed E-state index contributed by atoms with van der Waals surface area (Å²) in [7, 11) is 0. The van der Waals surface area contributed by atoms with Crippen molar-refractivity contribution in [2.45, 2.75) is 24.8 Å². The Labute approximate surface area is 119 Å². The van der Waals surface area contributed by atoms with Crippen LogP contribution in [0, 0.1) is 6.92 Å². The Morgan fingerprint density at radius 2 is 1.84 bits per heavy atom. The van der Waals surface area contributed by atoms with Crippen molar-refractivity contribution in [3.8, 4) is 0 Å². The van der Waals surface area contributed by atoms with Crippen molar-refractivity contribution >= 4 is 18.5 Å². The van der Waals surface area contributed by atoms with Gasteiger partial charge in [-0.1, -0.05) is 35.9 Å². The highest BCUT2D eigenvalue weighted by Gasteiger charge is 2.11. The average molecular weight is 271 g/mol. The molecule has 0 aliphatic rings. The van der Waals surface area contributed by atoms with E-state index in [1.807, 2.05) is 50.2 Å². The van der Waals surface area contributed by atoms with E-state index in [0.717, 1.165) is 10.5 Å². The summed E-state index contributed by atoms with van der Waals surface area (Å²) in [6, 6.07) is 15.4. The fraction of sp³-hybridized carbons (Fsp3) is 0.188. The molecule has 0 aliphatic carbocycles. The molecule has 0 spiro atoms. The summed E-state index contributed by atoms with van der Waals surface area (Å²) in [6.45, 7) is 4.03. The van der Waals surface area contributed by atoms with Crippen LogP contribution in [0.15, 0.2) is 53.4 Å². The Kier molecular flexibility index (Phi) is 4.27. The van der Waals surface area contributed by atoms with Gasteiger partial charge in [0.15, 0.2) is 0 Å². The van der Waals surface area contributed by atoms with Crippen LogP contribution in [-0.4, -0.2) is 5.91 Å². The number of nitrogens with one attached hydrogen (secondary N) is 1. The molecular weight excluding hydrogens is 254 g/mol. The van der Waals surface area contributed by atoms with Gasteiger partial charge >= 0.3 is 0 Å². The molecule has 0 saturated heterocycles. The zero-order valence-corrected chi connectivity index (χ0v) is 11.9. The van der Waals surface area contributed by atoms with Gasteiger partial charge in [-0.15, -0.1) is 12.6 Å². The molecule has 0 fully saturated rings. The summed E-state index contributed by atoms with van der Waals surface area (Å²) in [5, 5.41) is 2.99. The second-order valence-electron chi connectivity index (χ2n) is 4.66. The van der Waals surface area contributed by atoms with E-state index in [0.29, 0.717) is 5.56 Å². The van der Waals surface area contributed by atoms with Crippen molar-refractivity contribution in [3.63, 3.8) is 0 Å². The molecule has 2 aromatic rings. The molecule has 0 bridgehead atoms. The lowest BCUT2D eigenvalue weighted by atomic mass is 10.1. The van der Waals surface area contributed by atoms with Crippen molar-refractivity contribution in [2.75, 3.05) is 0 Å². The van der Waals surface area contributed by atoms with E-state index in [4.69, 9.17) is 0 Å². The number of amides is 1. The molecule has 19 heavy (non-hydrogen) atoms. The first-order valence-electron chi connectivity index (χ1n) is 6.23. The van der Waals surface area contributed by atoms with Gasteiger partial charge in [-0.2, -0.15) is 0 Å². The second kappa shape index (κ2) is 5.93. The molecule has 0 aliphatic heterocycles. The van der Waals surface area contributed by atoms with Crippen LogP contribution in [0.25, 0.3) is 0 Å². The third-order valence-electron chi connectivity index (χ3n) is 3.03. The molecule has 1 unspecified atom stereocenters. The Balaban J connectivity index is 2.08. The second-order valence-corrected chi connectivity index (χ2v) is 5.17. The molecule has 3 heteroatoms. The smallest absolute Gasteiger partial charge is 0.251 e. The predicted molar refractivity (Wildman–Crippen MR) is 80.8 cm³/mol. The molecule has 0 radical (unpaired) electrons. The number of thiol groups is 1. The molecule has 1 atom stereocenters. The third kappa shape index (κ3) is 3.61. The van der Waals surface area contributed by atoms with Gasteiger partial charge in [0.25, 0.3) is 5.91 Å². The van der Waals surface area contributed by atoms with Crippen LogP contribution in [0.4, 0.5) is 0 Å². The molecule has 2 aromatic carbocycles. The average Bonchev–Trinajstić information content (AvgIpc) is 2.39. The monoisotopic (exact) mass is 271 g/mol. The first-order valence-corrected chi connectivity index (χ1v) is 6.67. The van der Waals surface area contributed by atoms with E-state index in [1.165, 1.54) is 5.56 Å². The number of aryl methyl sites for hydroxylation is 1. The predicted octanol–water partition coefficient (Wildman–Crippen LogP) is 3.77. The lowest BCUT2D eigenvalue weighted by molar-refractivity contribution is 0.0939. The van der Waals surface area contributed by atoms with Gasteiger partial charge in [-0.25, -0.2) is 0 Å². The SMILES string of the molecule is Cc1ccc(C(C)NC(=O)c2cccc(S)c2)cc1. The lowest BCUT2D eigenvalue weighted by Gasteiger charge is -2.14. The Morgan fingerprint density at radius 3 is 2.47 bits per heavy atom. The molecule has 0 heterocycles. The van der Waals surface area contributed by atoms with E-state index in [-0.39, 0.29) is 11.9 Å². The van der Waals surface area contributed by atoms with E-state index in [9.17, 15) is 4.79 Å². The number of carbonyl (C=O) groups excluding carboxylic acids is 1. The largest absolute Gasteiger partial charge is 0.346 e. The molecule has 0 aromatic heterocycles. The molecule has 2 nitrogen and oxygen atoms in total. The standard InChI is InChI=1S/C16H17NOS/c1-11-6-8-13(9-7-11)12(2)17-16(18)14-4-3-5-15(19)10-14/h3-10,12,19H,1-2H3,(H,17,18). The fourth-order valence-electron chi connectivity index (χ4n) is 1.87. The van der Waals surface area contributed by atoms with Crippen molar-refractivity contribution in [3.05, 3.63) is 65.2 Å². The number of hydrogen-bond acceptors (Lipinski definition) is 2. The van der Waals surface area contributed by atoms with E-state index < -0.39 is 0 Å². The number of hydrogen-bond donors (Lipinski definition) is 2. The highest BCUT2D eigenvalue weighted by molar-refractivity contribution is 7.80. The first kappa shape index (κ1) is 13.7. The molecule has 0 saturated carbocycles. The maximum Gasteiger partial charge on any atom is 0.251 e. The zero-order chi connectivity index (χ0) is 13.8. The van der Waals surface area contributed by atoms with Gasteiger partial charge in [0.1, 0.15) is 0 Å². The maximum atomic E-state index is 12.1. The molecule has 98 valence electrons. The molecule has 1 amide bonds. The number of benzene rings is 2. The summed E-state index contributed by atoms with van der Waals surface area (Å²) in [4.78, 5) is 12.9. The number of carbonyl (C=O) groups is 1. The summed E-state index contributed by atoms with van der Waals surface area (Å²) in [5.41, 5.74) is 2.94. The topological polar surface area (TPSA) is 29.1 Å². The minimum atomic E-state index is -0.0797. The fourth-order valence-corrected chi connectivity index (χ4v) is 2.09. The Hall–Kier alpha value is -1.74. The minimum absolute atomic E-state index is 0.0170. The van der Waals surface area contributed by atoms with Gasteiger partial charge < -0.3 is 5.32 Å². The quantitative estimate of drug-likeness (QED) is 0.817. The lowest BCUT2D eigenvalue weighted by Crippen LogP contribution is -2.26. The van der Waals surface area contributed by atoms with Gasteiger partial charge in [0.05, 0.1) is 6.04 Å². The highest BCUT2D eigenvalue weighted by atomic mass is 32.1. The van der Waals surface area contributed by atoms with Crippen LogP contribution in [0.3, 0.4) is 0 Å². The van der Waals surface area contributed by atoms with Crippen LogP contribution in [-0.2, 0) is 0 Å².